The van der Waals surface area contributed by atoms with Crippen molar-refractivity contribution < 1.29 is 0 Å². The molecule has 0 aliphatic carbocycles. The van der Waals surface area contributed by atoms with Gasteiger partial charge in [0.05, 0.1) is 23.6 Å². The Hall–Kier alpha value is -3.12. The van der Waals surface area contributed by atoms with Gasteiger partial charge in [-0.05, 0) is 54.3 Å². The number of aryl methyl sites for hydroxylation is 3. The van der Waals surface area contributed by atoms with E-state index in [1.165, 1.54) is 11.1 Å². The topological polar surface area (TPSA) is 60.6 Å². The van der Waals surface area contributed by atoms with Gasteiger partial charge < -0.3 is 5.32 Å². The third kappa shape index (κ3) is 3.37. The van der Waals surface area contributed by atoms with Crippen molar-refractivity contribution in [3.63, 3.8) is 0 Å². The summed E-state index contributed by atoms with van der Waals surface area (Å²) in [6.07, 6.45) is 5.71. The lowest BCUT2D eigenvalue weighted by atomic mass is 9.92. The summed E-state index contributed by atoms with van der Waals surface area (Å²) >= 11 is 6.08. The zero-order valence-corrected chi connectivity index (χ0v) is 17.8. The molecule has 1 aliphatic heterocycles. The number of halogens is 1. The Kier molecular flexibility index (Phi) is 4.79. The van der Waals surface area contributed by atoms with E-state index in [4.69, 9.17) is 11.6 Å². The van der Waals surface area contributed by atoms with Gasteiger partial charge in [0, 0.05) is 41.6 Å². The van der Waals surface area contributed by atoms with Crippen molar-refractivity contribution in [1.29, 1.82) is 0 Å². The standard InChI is InChI=1S/C23H23ClN6/c1-3-21-23-19-9-4-15(16-13-25-29(2)14-16)12-20(19)22(10-11-30(23)28-27-21)26-18-7-5-17(24)6-8-18/h4-9,12-14,22,26H,3,10-11H2,1-2H3. The first-order valence-corrected chi connectivity index (χ1v) is 10.6. The lowest BCUT2D eigenvalue weighted by Crippen LogP contribution is -2.12. The minimum atomic E-state index is 0.143. The fourth-order valence-electron chi connectivity index (χ4n) is 4.16. The van der Waals surface area contributed by atoms with Gasteiger partial charge in [0.15, 0.2) is 0 Å². The molecule has 0 bridgehead atoms. The normalized spacial score (nSPS) is 15.4. The number of rotatable bonds is 4. The van der Waals surface area contributed by atoms with Crippen molar-refractivity contribution in [2.45, 2.75) is 32.4 Å². The quantitative estimate of drug-likeness (QED) is 0.499. The Morgan fingerprint density at radius 1 is 1.13 bits per heavy atom. The van der Waals surface area contributed by atoms with Crippen LogP contribution in [0.4, 0.5) is 5.69 Å². The second-order valence-corrected chi connectivity index (χ2v) is 8.10. The summed E-state index contributed by atoms with van der Waals surface area (Å²) in [5.41, 5.74) is 7.93. The van der Waals surface area contributed by atoms with E-state index < -0.39 is 0 Å². The SMILES string of the molecule is CCc1nnn2c1-c1ccc(-c3cnn(C)c3)cc1C(Nc1ccc(Cl)cc1)CC2. The number of anilines is 1. The molecule has 6 nitrogen and oxygen atoms in total. The number of hydrogen-bond acceptors (Lipinski definition) is 4. The van der Waals surface area contributed by atoms with Crippen LogP contribution in [-0.2, 0) is 20.0 Å². The highest BCUT2D eigenvalue weighted by atomic mass is 35.5. The van der Waals surface area contributed by atoms with Gasteiger partial charge in [0.1, 0.15) is 0 Å². The van der Waals surface area contributed by atoms with Gasteiger partial charge in [-0.15, -0.1) is 5.10 Å². The van der Waals surface area contributed by atoms with Crippen molar-refractivity contribution in [1.82, 2.24) is 24.8 Å². The highest BCUT2D eigenvalue weighted by molar-refractivity contribution is 6.30. The average Bonchev–Trinajstić information content (AvgIpc) is 3.34. The molecule has 4 aromatic rings. The van der Waals surface area contributed by atoms with Crippen LogP contribution in [0, 0.1) is 0 Å². The lowest BCUT2D eigenvalue weighted by Gasteiger charge is -2.21. The van der Waals surface area contributed by atoms with Crippen LogP contribution in [0.25, 0.3) is 22.4 Å². The van der Waals surface area contributed by atoms with Crippen molar-refractivity contribution in [2.75, 3.05) is 5.32 Å². The Morgan fingerprint density at radius 3 is 2.70 bits per heavy atom. The summed E-state index contributed by atoms with van der Waals surface area (Å²) in [5.74, 6) is 0. The Morgan fingerprint density at radius 2 is 1.97 bits per heavy atom. The number of fused-ring (bicyclic) bond motifs is 3. The first-order chi connectivity index (χ1) is 14.6. The lowest BCUT2D eigenvalue weighted by molar-refractivity contribution is 0.539. The molecule has 0 spiro atoms. The summed E-state index contributed by atoms with van der Waals surface area (Å²) in [5, 5.41) is 17.6. The van der Waals surface area contributed by atoms with Gasteiger partial charge in [-0.1, -0.05) is 35.9 Å². The van der Waals surface area contributed by atoms with Crippen molar-refractivity contribution in [3.05, 3.63) is 71.1 Å². The Balaban J connectivity index is 1.63. The van der Waals surface area contributed by atoms with Crippen LogP contribution in [-0.4, -0.2) is 24.8 Å². The minimum Gasteiger partial charge on any atom is -0.378 e. The fourth-order valence-corrected chi connectivity index (χ4v) is 4.28. The largest absolute Gasteiger partial charge is 0.378 e. The van der Waals surface area contributed by atoms with Gasteiger partial charge in [0.2, 0.25) is 0 Å². The smallest absolute Gasteiger partial charge is 0.0921 e. The van der Waals surface area contributed by atoms with Crippen LogP contribution >= 0.6 is 11.6 Å². The highest BCUT2D eigenvalue weighted by Crippen LogP contribution is 2.39. The van der Waals surface area contributed by atoms with Crippen molar-refractivity contribution in [2.24, 2.45) is 7.05 Å². The number of aromatic nitrogens is 5. The molecule has 5 rings (SSSR count). The van der Waals surface area contributed by atoms with E-state index in [0.29, 0.717) is 0 Å². The summed E-state index contributed by atoms with van der Waals surface area (Å²) in [4.78, 5) is 0. The molecule has 0 radical (unpaired) electrons. The highest BCUT2D eigenvalue weighted by Gasteiger charge is 2.26. The molecule has 1 aliphatic rings. The van der Waals surface area contributed by atoms with Crippen LogP contribution in [0.5, 0.6) is 0 Å². The minimum absolute atomic E-state index is 0.143. The summed E-state index contributed by atoms with van der Waals surface area (Å²) < 4.78 is 3.88. The number of hydrogen-bond donors (Lipinski definition) is 1. The number of nitrogens with one attached hydrogen (secondary N) is 1. The molecule has 1 unspecified atom stereocenters. The molecule has 2 aromatic heterocycles. The molecule has 152 valence electrons. The van der Waals surface area contributed by atoms with E-state index in [1.807, 2.05) is 53.1 Å². The maximum Gasteiger partial charge on any atom is 0.0921 e. The average molecular weight is 419 g/mol. The predicted octanol–water partition coefficient (Wildman–Crippen LogP) is 5.12. The van der Waals surface area contributed by atoms with E-state index in [1.54, 1.807) is 0 Å². The molecule has 7 heteroatoms. The molecule has 1 N–H and O–H groups in total. The van der Waals surface area contributed by atoms with Crippen LogP contribution in [0.1, 0.15) is 30.6 Å². The molecular formula is C23H23ClN6. The third-order valence-corrected chi connectivity index (χ3v) is 5.93. The first-order valence-electron chi connectivity index (χ1n) is 10.2. The van der Waals surface area contributed by atoms with Gasteiger partial charge >= 0.3 is 0 Å². The maximum absolute atomic E-state index is 6.08. The Bertz CT molecular complexity index is 1190. The number of nitrogens with zero attached hydrogens (tertiary/aromatic N) is 5. The maximum atomic E-state index is 6.08. The van der Waals surface area contributed by atoms with Crippen molar-refractivity contribution in [3.8, 4) is 22.4 Å². The van der Waals surface area contributed by atoms with Crippen molar-refractivity contribution >= 4 is 17.3 Å². The van der Waals surface area contributed by atoms with E-state index in [0.717, 1.165) is 52.6 Å². The van der Waals surface area contributed by atoms with Gasteiger partial charge in [-0.2, -0.15) is 5.10 Å². The van der Waals surface area contributed by atoms with Gasteiger partial charge in [0.25, 0.3) is 0 Å². The van der Waals surface area contributed by atoms with Crippen LogP contribution < -0.4 is 5.32 Å². The molecule has 0 saturated heterocycles. The second-order valence-electron chi connectivity index (χ2n) is 7.66. The molecule has 0 fully saturated rings. The van der Waals surface area contributed by atoms with Gasteiger partial charge in [-0.3, -0.25) is 4.68 Å². The van der Waals surface area contributed by atoms with Crippen LogP contribution in [0.15, 0.2) is 54.9 Å². The summed E-state index contributed by atoms with van der Waals surface area (Å²) in [6.45, 7) is 2.94. The zero-order chi connectivity index (χ0) is 20.7. The van der Waals surface area contributed by atoms with Crippen LogP contribution in [0.2, 0.25) is 5.02 Å². The molecular weight excluding hydrogens is 396 g/mol. The molecule has 1 atom stereocenters. The van der Waals surface area contributed by atoms with E-state index in [-0.39, 0.29) is 6.04 Å². The zero-order valence-electron chi connectivity index (χ0n) is 17.0. The molecule has 3 heterocycles. The number of benzene rings is 2. The molecule has 2 aromatic carbocycles. The summed E-state index contributed by atoms with van der Waals surface area (Å²) in [6, 6.07) is 14.7. The predicted molar refractivity (Wildman–Crippen MR) is 119 cm³/mol. The monoisotopic (exact) mass is 418 g/mol. The molecule has 0 amide bonds. The third-order valence-electron chi connectivity index (χ3n) is 5.67. The fraction of sp³-hybridized carbons (Fsp3) is 0.261. The first kappa shape index (κ1) is 18.9. The van der Waals surface area contributed by atoms with E-state index in [9.17, 15) is 0 Å². The summed E-state index contributed by atoms with van der Waals surface area (Å²) in [7, 11) is 1.94. The van der Waals surface area contributed by atoms with Gasteiger partial charge in [-0.25, -0.2) is 4.68 Å². The Labute approximate surface area is 180 Å². The molecule has 0 saturated carbocycles. The van der Waals surface area contributed by atoms with Crippen LogP contribution in [0.3, 0.4) is 0 Å². The van der Waals surface area contributed by atoms with E-state index in [2.05, 4.69) is 45.9 Å². The molecule has 30 heavy (non-hydrogen) atoms. The second kappa shape index (κ2) is 7.61. The van der Waals surface area contributed by atoms with E-state index >= 15 is 0 Å².